The number of amides is 2. The monoisotopic (exact) mass is 455 g/mol. The minimum absolute atomic E-state index is 0.0230. The van der Waals surface area contributed by atoms with Gasteiger partial charge in [0.1, 0.15) is 10.1 Å². The average molecular weight is 456 g/mol. The van der Waals surface area contributed by atoms with Crippen molar-refractivity contribution in [1.29, 1.82) is 0 Å². The van der Waals surface area contributed by atoms with Crippen LogP contribution < -0.4 is 15.2 Å². The van der Waals surface area contributed by atoms with Crippen LogP contribution in [0.2, 0.25) is 0 Å². The van der Waals surface area contributed by atoms with Crippen molar-refractivity contribution in [1.82, 2.24) is 4.90 Å². The average Bonchev–Trinajstić information content (AvgIpc) is 3.01. The molecule has 2 aromatic rings. The molecule has 0 aromatic heterocycles. The minimum Gasteiger partial charge on any atom is -0.545 e. The number of thioether (sulfide) groups is 1. The highest BCUT2D eigenvalue weighted by Gasteiger charge is 2.32. The van der Waals surface area contributed by atoms with Gasteiger partial charge in [-0.15, -0.1) is 0 Å². The summed E-state index contributed by atoms with van der Waals surface area (Å²) in [4.78, 5) is 37.6. The maximum absolute atomic E-state index is 12.7. The molecule has 9 heteroatoms. The van der Waals surface area contributed by atoms with E-state index in [0.29, 0.717) is 21.5 Å². The molecule has 0 atom stereocenters. The zero-order valence-corrected chi connectivity index (χ0v) is 18.3. The minimum atomic E-state index is -1.29. The molecule has 0 unspecified atom stereocenters. The molecule has 1 fully saturated rings. The molecule has 1 heterocycles. The number of aromatic carboxylic acids is 1. The first-order valence-electron chi connectivity index (χ1n) is 9.47. The molecule has 1 aliphatic heterocycles. The van der Waals surface area contributed by atoms with Gasteiger partial charge >= 0.3 is 0 Å². The molecule has 0 bridgehead atoms. The lowest BCUT2D eigenvalue weighted by atomic mass is 10.2. The number of hydrogen-bond acceptors (Lipinski definition) is 7. The van der Waals surface area contributed by atoms with E-state index in [4.69, 9.17) is 17.0 Å². The molecule has 0 radical (unpaired) electrons. The van der Waals surface area contributed by atoms with Gasteiger partial charge < -0.3 is 20.0 Å². The fourth-order valence-electron chi connectivity index (χ4n) is 2.80. The van der Waals surface area contributed by atoms with Crippen LogP contribution in [0.5, 0.6) is 5.75 Å². The zero-order valence-electron chi connectivity index (χ0n) is 16.6. The number of carboxylic acid groups (broad SMARTS) is 1. The predicted octanol–water partition coefficient (Wildman–Crippen LogP) is 2.68. The number of nitrogens with one attached hydrogen (secondary N) is 1. The summed E-state index contributed by atoms with van der Waals surface area (Å²) in [5.74, 6) is -1.08. The maximum atomic E-state index is 12.7. The SMILES string of the molecule is CCOc1ccc(/C=C2\SC(=S)N(CCC(=O)Nc3ccc(C(=O)[O-])cc3)C2=O)cc1. The zero-order chi connectivity index (χ0) is 22.4. The third-order valence-electron chi connectivity index (χ3n) is 4.33. The van der Waals surface area contributed by atoms with Crippen molar-refractivity contribution in [2.75, 3.05) is 18.5 Å². The second kappa shape index (κ2) is 10.2. The Morgan fingerprint density at radius 2 is 1.84 bits per heavy atom. The highest BCUT2D eigenvalue weighted by Crippen LogP contribution is 2.32. The third-order valence-corrected chi connectivity index (χ3v) is 5.71. The third kappa shape index (κ3) is 5.93. The summed E-state index contributed by atoms with van der Waals surface area (Å²) >= 11 is 6.50. The van der Waals surface area contributed by atoms with Gasteiger partial charge in [-0.05, 0) is 48.4 Å². The molecule has 7 nitrogen and oxygen atoms in total. The lowest BCUT2D eigenvalue weighted by Crippen LogP contribution is -2.31. The Hall–Kier alpha value is -3.17. The Bertz CT molecular complexity index is 1030. The van der Waals surface area contributed by atoms with Crippen LogP contribution in [-0.2, 0) is 9.59 Å². The highest BCUT2D eigenvalue weighted by molar-refractivity contribution is 8.26. The first kappa shape index (κ1) is 22.5. The van der Waals surface area contributed by atoms with Gasteiger partial charge in [-0.2, -0.15) is 0 Å². The highest BCUT2D eigenvalue weighted by atomic mass is 32.2. The first-order chi connectivity index (χ1) is 14.9. The van der Waals surface area contributed by atoms with Gasteiger partial charge in [0, 0.05) is 18.7 Å². The number of benzene rings is 2. The normalized spacial score (nSPS) is 14.7. The van der Waals surface area contributed by atoms with Crippen molar-refractivity contribution >= 4 is 57.8 Å². The Morgan fingerprint density at radius 3 is 2.45 bits per heavy atom. The first-order valence-corrected chi connectivity index (χ1v) is 10.7. The van der Waals surface area contributed by atoms with Crippen molar-refractivity contribution in [3.8, 4) is 5.75 Å². The molecule has 2 aromatic carbocycles. The summed E-state index contributed by atoms with van der Waals surface area (Å²) in [5, 5.41) is 13.4. The number of anilines is 1. The van der Waals surface area contributed by atoms with Crippen LogP contribution in [0, 0.1) is 0 Å². The lowest BCUT2D eigenvalue weighted by molar-refractivity contribution is -0.255. The van der Waals surface area contributed by atoms with E-state index in [1.165, 1.54) is 40.9 Å². The van der Waals surface area contributed by atoms with Crippen LogP contribution in [0.3, 0.4) is 0 Å². The van der Waals surface area contributed by atoms with Gasteiger partial charge in [-0.3, -0.25) is 14.5 Å². The molecule has 0 aliphatic carbocycles. The molecule has 0 saturated carbocycles. The van der Waals surface area contributed by atoms with Crippen LogP contribution in [-0.4, -0.2) is 40.2 Å². The fraction of sp³-hybridized carbons (Fsp3) is 0.182. The smallest absolute Gasteiger partial charge is 0.266 e. The van der Waals surface area contributed by atoms with E-state index in [1.807, 2.05) is 31.2 Å². The van der Waals surface area contributed by atoms with Crippen molar-refractivity contribution < 1.29 is 24.2 Å². The summed E-state index contributed by atoms with van der Waals surface area (Å²) in [6.45, 7) is 2.64. The van der Waals surface area contributed by atoms with Gasteiger partial charge in [0.25, 0.3) is 5.91 Å². The molecule has 3 rings (SSSR count). The van der Waals surface area contributed by atoms with E-state index < -0.39 is 5.97 Å². The number of carbonyl (C=O) groups is 3. The number of hydrogen-bond donors (Lipinski definition) is 1. The lowest BCUT2D eigenvalue weighted by Gasteiger charge is -2.14. The summed E-state index contributed by atoms with van der Waals surface area (Å²) in [7, 11) is 0. The van der Waals surface area contributed by atoms with Crippen LogP contribution in [0.4, 0.5) is 5.69 Å². The summed E-state index contributed by atoms with van der Waals surface area (Å²) in [6.07, 6.45) is 1.80. The molecule has 31 heavy (non-hydrogen) atoms. The van der Waals surface area contributed by atoms with Crippen molar-refractivity contribution in [3.05, 3.63) is 64.6 Å². The number of thiocarbonyl (C=S) groups is 1. The van der Waals surface area contributed by atoms with E-state index >= 15 is 0 Å². The molecule has 2 amide bonds. The molecule has 160 valence electrons. The van der Waals surface area contributed by atoms with E-state index in [2.05, 4.69) is 5.32 Å². The van der Waals surface area contributed by atoms with Crippen molar-refractivity contribution in [2.24, 2.45) is 0 Å². The Morgan fingerprint density at radius 1 is 1.16 bits per heavy atom. The molecular formula is C22H19N2O5S2-. The number of carbonyl (C=O) groups excluding carboxylic acids is 3. The Balaban J connectivity index is 1.57. The van der Waals surface area contributed by atoms with E-state index in [-0.39, 0.29) is 30.3 Å². The van der Waals surface area contributed by atoms with E-state index in [1.54, 1.807) is 6.08 Å². The molecule has 1 N–H and O–H groups in total. The quantitative estimate of drug-likeness (QED) is 0.483. The number of carboxylic acids is 1. The van der Waals surface area contributed by atoms with Gasteiger partial charge in [-0.25, -0.2) is 0 Å². The number of rotatable bonds is 8. The molecule has 1 aliphatic rings. The van der Waals surface area contributed by atoms with Crippen LogP contribution >= 0.6 is 24.0 Å². The van der Waals surface area contributed by atoms with Crippen molar-refractivity contribution in [3.63, 3.8) is 0 Å². The van der Waals surface area contributed by atoms with Crippen molar-refractivity contribution in [2.45, 2.75) is 13.3 Å². The second-order valence-electron chi connectivity index (χ2n) is 6.50. The van der Waals surface area contributed by atoms with Gasteiger partial charge in [-0.1, -0.05) is 48.2 Å². The summed E-state index contributed by atoms with van der Waals surface area (Å²) in [6, 6.07) is 13.0. The fourth-order valence-corrected chi connectivity index (χ4v) is 4.11. The van der Waals surface area contributed by atoms with Crippen LogP contribution in [0.1, 0.15) is 29.3 Å². The molecular weight excluding hydrogens is 436 g/mol. The topological polar surface area (TPSA) is 98.8 Å². The Kier molecular flexibility index (Phi) is 7.43. The largest absolute Gasteiger partial charge is 0.545 e. The summed E-state index contributed by atoms with van der Waals surface area (Å²) < 4.78 is 5.81. The van der Waals surface area contributed by atoms with Crippen LogP contribution in [0.15, 0.2) is 53.4 Å². The van der Waals surface area contributed by atoms with Gasteiger partial charge in [0.05, 0.1) is 17.5 Å². The van der Waals surface area contributed by atoms with E-state index in [9.17, 15) is 19.5 Å². The molecule has 1 saturated heterocycles. The number of ether oxygens (including phenoxy) is 1. The van der Waals surface area contributed by atoms with E-state index in [0.717, 1.165) is 11.3 Å². The number of nitrogens with zero attached hydrogens (tertiary/aromatic N) is 1. The van der Waals surface area contributed by atoms with Gasteiger partial charge in [0.2, 0.25) is 5.91 Å². The second-order valence-corrected chi connectivity index (χ2v) is 8.17. The van der Waals surface area contributed by atoms with Gasteiger partial charge in [0.15, 0.2) is 0 Å². The Labute approximate surface area is 189 Å². The predicted molar refractivity (Wildman–Crippen MR) is 122 cm³/mol. The maximum Gasteiger partial charge on any atom is 0.266 e. The van der Waals surface area contributed by atoms with Crippen LogP contribution in [0.25, 0.3) is 6.08 Å². The molecule has 0 spiro atoms. The summed E-state index contributed by atoms with van der Waals surface area (Å²) in [5.41, 5.74) is 1.33. The standard InChI is InChI=1S/C22H20N2O5S2/c1-2-29-17-9-3-14(4-10-17)13-18-20(26)24(22(30)31-18)12-11-19(25)23-16-7-5-15(6-8-16)21(27)28/h3-10,13H,2,11-12H2,1H3,(H,23,25)(H,27,28)/p-1/b18-13-.